The first-order valence-electron chi connectivity index (χ1n) is 11.0. The number of nitrogens with one attached hydrogen (secondary N) is 1. The van der Waals surface area contributed by atoms with E-state index in [9.17, 15) is 24.3 Å². The number of aromatic nitrogens is 1. The topological polar surface area (TPSA) is 111 Å². The number of benzene rings is 1. The Morgan fingerprint density at radius 3 is 2.42 bits per heavy atom. The second kappa shape index (κ2) is 7.20. The van der Waals surface area contributed by atoms with E-state index < -0.39 is 24.3 Å². The van der Waals surface area contributed by atoms with E-state index in [0.29, 0.717) is 0 Å². The zero-order valence-corrected chi connectivity index (χ0v) is 19.7. The van der Waals surface area contributed by atoms with Gasteiger partial charge in [0, 0.05) is 35.8 Å². The monoisotopic (exact) mass is 485 g/mol. The maximum absolute atomic E-state index is 13.2. The van der Waals surface area contributed by atoms with Gasteiger partial charge in [-0.2, -0.15) is 0 Å². The summed E-state index contributed by atoms with van der Waals surface area (Å²) in [4.78, 5) is 56.7. The molecule has 2 aromatic rings. The molecule has 2 bridgehead atoms. The van der Waals surface area contributed by atoms with Crippen LogP contribution in [0.3, 0.4) is 0 Å². The highest BCUT2D eigenvalue weighted by Crippen LogP contribution is 2.68. The third-order valence-corrected chi connectivity index (χ3v) is 10.5. The third kappa shape index (κ3) is 2.89. The summed E-state index contributed by atoms with van der Waals surface area (Å²) in [5.74, 6) is -2.65. The molecule has 6 rings (SSSR count). The number of imide groups is 1. The van der Waals surface area contributed by atoms with Crippen LogP contribution < -0.4 is 9.77 Å². The molecule has 3 heterocycles. The lowest BCUT2D eigenvalue weighted by molar-refractivity contribution is -0.149. The van der Waals surface area contributed by atoms with Crippen molar-refractivity contribution in [2.24, 2.45) is 29.6 Å². The van der Waals surface area contributed by atoms with Crippen LogP contribution in [0.5, 0.6) is 0 Å². The van der Waals surface area contributed by atoms with Crippen molar-refractivity contribution in [3.63, 3.8) is 0 Å². The van der Waals surface area contributed by atoms with Gasteiger partial charge in [-0.25, -0.2) is 0 Å². The Labute approximate surface area is 198 Å². The molecule has 10 heteroatoms. The van der Waals surface area contributed by atoms with Crippen LogP contribution >= 0.6 is 23.1 Å². The molecule has 1 saturated heterocycles. The average Bonchev–Trinajstić information content (AvgIpc) is 3.49. The van der Waals surface area contributed by atoms with E-state index in [0.717, 1.165) is 32.5 Å². The van der Waals surface area contributed by atoms with Crippen LogP contribution in [0.4, 0.5) is 5.69 Å². The number of carbonyl (C=O) groups is 3. The number of hydrogen-bond donors (Lipinski definition) is 2. The molecular formula is C23H23N3O5S2. The molecule has 2 saturated carbocycles. The number of amides is 2. The SMILES string of the molecule is CN(C)c1ccc(C2c3sc(=O)[nH]c3SC3C4CC(C5C(=O)N(CC(=O)O)C(=O)C45)C23)cc1. The number of fused-ring (bicyclic) bond motifs is 9. The molecule has 3 fully saturated rings. The minimum Gasteiger partial charge on any atom is -0.480 e. The minimum absolute atomic E-state index is 0.00313. The van der Waals surface area contributed by atoms with Gasteiger partial charge in [-0.15, -0.1) is 11.8 Å². The number of carbonyl (C=O) groups excluding carboxylic acids is 2. The normalized spacial score (nSPS) is 33.8. The Morgan fingerprint density at radius 2 is 1.79 bits per heavy atom. The minimum atomic E-state index is -1.17. The van der Waals surface area contributed by atoms with Gasteiger partial charge in [-0.1, -0.05) is 23.5 Å². The molecule has 4 aliphatic rings. The predicted molar refractivity (Wildman–Crippen MR) is 124 cm³/mol. The first-order chi connectivity index (χ1) is 15.8. The van der Waals surface area contributed by atoms with E-state index in [1.165, 1.54) is 11.3 Å². The second-order valence-corrected chi connectivity index (χ2v) is 11.8. The zero-order valence-electron chi connectivity index (χ0n) is 18.1. The summed E-state index contributed by atoms with van der Waals surface area (Å²) in [5, 5.41) is 10.2. The molecule has 7 atom stereocenters. The van der Waals surface area contributed by atoms with E-state index >= 15 is 0 Å². The van der Waals surface area contributed by atoms with Crippen LogP contribution in [0.25, 0.3) is 0 Å². The summed E-state index contributed by atoms with van der Waals surface area (Å²) in [5.41, 5.74) is 2.19. The molecular weight excluding hydrogens is 462 g/mol. The Morgan fingerprint density at radius 1 is 1.12 bits per heavy atom. The maximum atomic E-state index is 13.2. The zero-order chi connectivity index (χ0) is 23.2. The number of aromatic amines is 1. The number of thiazole rings is 1. The summed E-state index contributed by atoms with van der Waals surface area (Å²) < 4.78 is 0. The quantitative estimate of drug-likeness (QED) is 0.638. The van der Waals surface area contributed by atoms with Crippen molar-refractivity contribution < 1.29 is 19.5 Å². The molecule has 0 radical (unpaired) electrons. The van der Waals surface area contributed by atoms with Crippen molar-refractivity contribution >= 4 is 46.6 Å². The Bertz CT molecular complexity index is 1240. The molecule has 33 heavy (non-hydrogen) atoms. The van der Waals surface area contributed by atoms with Gasteiger partial charge in [0.25, 0.3) is 0 Å². The fourth-order valence-electron chi connectivity index (χ4n) is 6.72. The highest BCUT2D eigenvalue weighted by molar-refractivity contribution is 8.00. The lowest BCUT2D eigenvalue weighted by Gasteiger charge is -2.43. The van der Waals surface area contributed by atoms with Crippen molar-refractivity contribution in [3.8, 4) is 0 Å². The van der Waals surface area contributed by atoms with Crippen LogP contribution in [-0.2, 0) is 14.4 Å². The first kappa shape index (κ1) is 21.0. The van der Waals surface area contributed by atoms with Gasteiger partial charge in [0.1, 0.15) is 6.54 Å². The summed E-state index contributed by atoms with van der Waals surface area (Å²) in [6.45, 7) is -0.567. The Kier molecular flexibility index (Phi) is 4.58. The Hall–Kier alpha value is -2.59. The lowest BCUT2D eigenvalue weighted by Crippen LogP contribution is -2.42. The van der Waals surface area contributed by atoms with Crippen molar-refractivity contribution in [1.82, 2.24) is 9.88 Å². The van der Waals surface area contributed by atoms with E-state index in [-0.39, 0.29) is 45.6 Å². The molecule has 0 spiro atoms. The molecule has 2 aliphatic carbocycles. The third-order valence-electron chi connectivity index (χ3n) is 7.88. The van der Waals surface area contributed by atoms with E-state index in [4.69, 9.17) is 0 Å². The Balaban J connectivity index is 1.43. The average molecular weight is 486 g/mol. The summed E-state index contributed by atoms with van der Waals surface area (Å²) in [6.07, 6.45) is 0.793. The number of likely N-dealkylation sites (tertiary alicyclic amines) is 1. The van der Waals surface area contributed by atoms with Gasteiger partial charge < -0.3 is 15.0 Å². The maximum Gasteiger partial charge on any atom is 0.323 e. The van der Waals surface area contributed by atoms with Gasteiger partial charge in [-0.05, 0) is 41.9 Å². The smallest absolute Gasteiger partial charge is 0.323 e. The number of aliphatic carboxylic acids is 1. The molecule has 1 aromatic carbocycles. The summed E-state index contributed by atoms with van der Waals surface area (Å²) >= 11 is 2.87. The number of hydrogen-bond acceptors (Lipinski definition) is 7. The molecule has 2 aliphatic heterocycles. The van der Waals surface area contributed by atoms with Crippen LogP contribution in [0.2, 0.25) is 0 Å². The number of nitrogens with zero attached hydrogens (tertiary/aromatic N) is 2. The van der Waals surface area contributed by atoms with Gasteiger partial charge in [0.05, 0.1) is 16.9 Å². The molecule has 1 aromatic heterocycles. The standard InChI is InChI=1S/C23H23N3O5S2/c1-25(2)10-5-3-9(4-6-10)14-15-11-7-12(18(15)32-20-19(14)33-23(31)24-20)17-16(11)21(29)26(22(17)30)8-13(27)28/h3-6,11-12,14-18H,7-8H2,1-2H3,(H,24,31)(H,27,28). The number of H-pyrrole nitrogens is 1. The van der Waals surface area contributed by atoms with Gasteiger partial charge >= 0.3 is 10.8 Å². The van der Waals surface area contributed by atoms with Crippen LogP contribution in [0.1, 0.15) is 22.8 Å². The fraction of sp³-hybridized carbons (Fsp3) is 0.478. The van der Waals surface area contributed by atoms with Gasteiger partial charge in [0.2, 0.25) is 11.8 Å². The molecule has 2 amide bonds. The summed E-state index contributed by atoms with van der Waals surface area (Å²) in [6, 6.07) is 8.33. The molecule has 7 unspecified atom stereocenters. The van der Waals surface area contributed by atoms with E-state index in [2.05, 4.69) is 29.2 Å². The summed E-state index contributed by atoms with van der Waals surface area (Å²) in [7, 11) is 3.97. The predicted octanol–water partition coefficient (Wildman–Crippen LogP) is 2.06. The van der Waals surface area contributed by atoms with E-state index in [1.54, 1.807) is 11.8 Å². The first-order valence-corrected chi connectivity index (χ1v) is 12.7. The van der Waals surface area contributed by atoms with Crippen molar-refractivity contribution in [2.75, 3.05) is 25.5 Å². The highest BCUT2D eigenvalue weighted by atomic mass is 32.2. The largest absolute Gasteiger partial charge is 0.480 e. The van der Waals surface area contributed by atoms with Crippen molar-refractivity contribution in [1.29, 1.82) is 0 Å². The number of thioether (sulfide) groups is 1. The number of carboxylic acid groups (broad SMARTS) is 1. The molecule has 2 N–H and O–H groups in total. The van der Waals surface area contributed by atoms with Gasteiger partial charge in [0.15, 0.2) is 0 Å². The molecule has 8 nitrogen and oxygen atoms in total. The van der Waals surface area contributed by atoms with Crippen molar-refractivity contribution in [3.05, 3.63) is 44.4 Å². The van der Waals surface area contributed by atoms with Gasteiger partial charge in [-0.3, -0.25) is 24.1 Å². The van der Waals surface area contributed by atoms with Crippen molar-refractivity contribution in [2.45, 2.75) is 22.6 Å². The lowest BCUT2D eigenvalue weighted by atomic mass is 9.68. The highest BCUT2D eigenvalue weighted by Gasteiger charge is 2.69. The number of rotatable bonds is 4. The van der Waals surface area contributed by atoms with Crippen LogP contribution in [0.15, 0.2) is 34.1 Å². The molecule has 172 valence electrons. The fourth-order valence-corrected chi connectivity index (χ4v) is 9.61. The van der Waals surface area contributed by atoms with Crippen LogP contribution in [0, 0.1) is 29.6 Å². The second-order valence-electron chi connectivity index (χ2n) is 9.60. The van der Waals surface area contributed by atoms with Crippen LogP contribution in [-0.4, -0.2) is 58.7 Å². The number of carboxylic acids is 1. The number of anilines is 1. The van der Waals surface area contributed by atoms with E-state index in [1.807, 2.05) is 19.0 Å².